The molecule has 18 heavy (non-hydrogen) atoms. The molecule has 0 aromatic heterocycles. The Kier molecular flexibility index (Phi) is 3.81. The number of carboxylic acids is 1. The number of benzene rings is 1. The smallest absolute Gasteiger partial charge is 0.303 e. The van der Waals surface area contributed by atoms with Crippen LogP contribution in [0.3, 0.4) is 0 Å². The summed E-state index contributed by atoms with van der Waals surface area (Å²) in [6, 6.07) is 4.44. The molecule has 4 nitrogen and oxygen atoms in total. The van der Waals surface area contributed by atoms with Crippen LogP contribution < -0.4 is 4.74 Å². The van der Waals surface area contributed by atoms with Gasteiger partial charge in [0.05, 0.1) is 13.5 Å². The van der Waals surface area contributed by atoms with Gasteiger partial charge in [0.15, 0.2) is 0 Å². The van der Waals surface area contributed by atoms with Crippen molar-refractivity contribution in [2.75, 3.05) is 20.2 Å². The van der Waals surface area contributed by atoms with Gasteiger partial charge in [-0.25, -0.2) is 4.39 Å². The summed E-state index contributed by atoms with van der Waals surface area (Å²) in [5.41, 5.74) is 0.797. The van der Waals surface area contributed by atoms with Crippen LogP contribution in [0.5, 0.6) is 5.75 Å². The van der Waals surface area contributed by atoms with Gasteiger partial charge in [0.2, 0.25) is 0 Å². The topological polar surface area (TPSA) is 49.8 Å². The van der Waals surface area contributed by atoms with Gasteiger partial charge in [0.25, 0.3) is 0 Å². The van der Waals surface area contributed by atoms with Crippen molar-refractivity contribution in [1.29, 1.82) is 0 Å². The first-order chi connectivity index (χ1) is 8.58. The molecule has 2 rings (SSSR count). The summed E-state index contributed by atoms with van der Waals surface area (Å²) in [6.07, 6.45) is 0.205. The molecule has 0 bridgehead atoms. The predicted octanol–water partition coefficient (Wildman–Crippen LogP) is 1.74. The molecule has 1 aromatic rings. The molecule has 0 unspecified atom stereocenters. The summed E-state index contributed by atoms with van der Waals surface area (Å²) >= 11 is 0. The molecular weight excluding hydrogens is 237 g/mol. The number of nitrogens with zero attached hydrogens (tertiary/aromatic N) is 1. The van der Waals surface area contributed by atoms with E-state index in [0.717, 1.165) is 18.7 Å². The molecule has 1 aliphatic heterocycles. The second-order valence-corrected chi connectivity index (χ2v) is 4.61. The molecule has 0 aliphatic carbocycles. The Labute approximate surface area is 105 Å². The number of halogens is 1. The number of methoxy groups -OCH3 is 1. The fourth-order valence-corrected chi connectivity index (χ4v) is 2.29. The first-order valence-corrected chi connectivity index (χ1v) is 5.85. The third kappa shape index (κ3) is 2.98. The number of rotatable bonds is 5. The molecule has 1 saturated heterocycles. The van der Waals surface area contributed by atoms with Crippen LogP contribution in [0.25, 0.3) is 0 Å². The molecular formula is C13H16FNO3. The maximum atomic E-state index is 13.2. The van der Waals surface area contributed by atoms with Crippen LogP contribution in [0.4, 0.5) is 4.39 Å². The summed E-state index contributed by atoms with van der Waals surface area (Å²) in [4.78, 5) is 12.6. The lowest BCUT2D eigenvalue weighted by Gasteiger charge is -2.38. The van der Waals surface area contributed by atoms with Crippen molar-refractivity contribution >= 4 is 5.97 Å². The third-order valence-electron chi connectivity index (χ3n) is 3.13. The van der Waals surface area contributed by atoms with Gasteiger partial charge in [0.1, 0.15) is 11.6 Å². The summed E-state index contributed by atoms with van der Waals surface area (Å²) in [7, 11) is 1.56. The fourth-order valence-electron chi connectivity index (χ4n) is 2.29. The highest BCUT2D eigenvalue weighted by Crippen LogP contribution is 2.26. The molecule has 98 valence electrons. The van der Waals surface area contributed by atoms with Gasteiger partial charge in [0, 0.05) is 25.2 Å². The third-order valence-corrected chi connectivity index (χ3v) is 3.13. The summed E-state index contributed by atoms with van der Waals surface area (Å²) in [5.74, 6) is -0.170. The quantitative estimate of drug-likeness (QED) is 0.868. The Hall–Kier alpha value is -1.62. The minimum absolute atomic E-state index is 0.205. The van der Waals surface area contributed by atoms with Gasteiger partial charge < -0.3 is 9.84 Å². The Morgan fingerprint density at radius 2 is 2.28 bits per heavy atom. The monoisotopic (exact) mass is 253 g/mol. The number of aliphatic carboxylic acids is 1. The van der Waals surface area contributed by atoms with E-state index in [0.29, 0.717) is 12.3 Å². The molecule has 1 aromatic carbocycles. The second kappa shape index (κ2) is 5.35. The van der Waals surface area contributed by atoms with Gasteiger partial charge >= 0.3 is 5.97 Å². The van der Waals surface area contributed by atoms with Crippen molar-refractivity contribution in [3.8, 4) is 5.75 Å². The van der Waals surface area contributed by atoms with Crippen LogP contribution in [-0.4, -0.2) is 36.2 Å². The van der Waals surface area contributed by atoms with Crippen LogP contribution in [0, 0.1) is 11.7 Å². The highest BCUT2D eigenvalue weighted by atomic mass is 19.1. The van der Waals surface area contributed by atoms with Gasteiger partial charge in [-0.1, -0.05) is 0 Å². The largest absolute Gasteiger partial charge is 0.496 e. The van der Waals surface area contributed by atoms with E-state index in [1.54, 1.807) is 13.2 Å². The van der Waals surface area contributed by atoms with Gasteiger partial charge in [-0.15, -0.1) is 0 Å². The number of carboxylic acid groups (broad SMARTS) is 1. The van der Waals surface area contributed by atoms with E-state index >= 15 is 0 Å². The molecule has 0 saturated carbocycles. The average molecular weight is 253 g/mol. The van der Waals surface area contributed by atoms with Crippen LogP contribution in [0.2, 0.25) is 0 Å². The molecule has 1 aliphatic rings. The van der Waals surface area contributed by atoms with E-state index < -0.39 is 5.97 Å². The lowest BCUT2D eigenvalue weighted by molar-refractivity contribution is -0.139. The molecule has 0 amide bonds. The van der Waals surface area contributed by atoms with Crippen molar-refractivity contribution in [2.45, 2.75) is 13.0 Å². The molecule has 1 heterocycles. The Morgan fingerprint density at radius 1 is 1.56 bits per heavy atom. The standard InChI is InChI=1S/C13H16FNO3/c1-18-12-3-2-11(14)5-10(12)8-15-6-9(7-15)4-13(16)17/h2-3,5,9H,4,6-8H2,1H3,(H,16,17). The van der Waals surface area contributed by atoms with Gasteiger partial charge in [-0.2, -0.15) is 0 Å². The van der Waals surface area contributed by atoms with Crippen LogP contribution in [0.15, 0.2) is 18.2 Å². The van der Waals surface area contributed by atoms with Crippen LogP contribution >= 0.6 is 0 Å². The predicted molar refractivity (Wildman–Crippen MR) is 64.0 cm³/mol. The van der Waals surface area contributed by atoms with Crippen molar-refractivity contribution < 1.29 is 19.0 Å². The zero-order chi connectivity index (χ0) is 13.1. The van der Waals surface area contributed by atoms with Gasteiger partial charge in [-0.05, 0) is 24.1 Å². The highest BCUT2D eigenvalue weighted by Gasteiger charge is 2.28. The lowest BCUT2D eigenvalue weighted by atomic mass is 9.95. The highest BCUT2D eigenvalue weighted by molar-refractivity contribution is 5.67. The molecule has 0 radical (unpaired) electrons. The molecule has 0 spiro atoms. The second-order valence-electron chi connectivity index (χ2n) is 4.61. The Bertz CT molecular complexity index is 444. The van der Waals surface area contributed by atoms with Gasteiger partial charge in [-0.3, -0.25) is 9.69 Å². The van der Waals surface area contributed by atoms with Crippen molar-refractivity contribution in [3.63, 3.8) is 0 Å². The first kappa shape index (κ1) is 12.8. The van der Waals surface area contributed by atoms with Crippen molar-refractivity contribution in [2.24, 2.45) is 5.92 Å². The molecule has 1 fully saturated rings. The van der Waals surface area contributed by atoms with E-state index in [1.165, 1.54) is 12.1 Å². The van der Waals surface area contributed by atoms with Crippen molar-refractivity contribution in [1.82, 2.24) is 4.90 Å². The minimum atomic E-state index is -0.761. The maximum Gasteiger partial charge on any atom is 0.303 e. The molecule has 5 heteroatoms. The summed E-state index contributed by atoms with van der Waals surface area (Å²) < 4.78 is 18.3. The SMILES string of the molecule is COc1ccc(F)cc1CN1CC(CC(=O)O)C1. The van der Waals surface area contributed by atoms with E-state index in [4.69, 9.17) is 9.84 Å². The molecule has 0 atom stereocenters. The number of hydrogen-bond donors (Lipinski definition) is 1. The zero-order valence-electron chi connectivity index (χ0n) is 10.2. The number of carbonyl (C=O) groups is 1. The Morgan fingerprint density at radius 3 is 2.89 bits per heavy atom. The minimum Gasteiger partial charge on any atom is -0.496 e. The van der Waals surface area contributed by atoms with Crippen molar-refractivity contribution in [3.05, 3.63) is 29.6 Å². The van der Waals surface area contributed by atoms with E-state index in [-0.39, 0.29) is 18.2 Å². The van der Waals surface area contributed by atoms with Crippen LogP contribution in [0.1, 0.15) is 12.0 Å². The molecule has 1 N–H and O–H groups in total. The van der Waals surface area contributed by atoms with E-state index in [1.807, 2.05) is 0 Å². The normalized spacial score (nSPS) is 16.3. The average Bonchev–Trinajstić information content (AvgIpc) is 2.26. The lowest BCUT2D eigenvalue weighted by Crippen LogP contribution is -2.46. The maximum absolute atomic E-state index is 13.2. The first-order valence-electron chi connectivity index (χ1n) is 5.85. The number of ether oxygens (including phenoxy) is 1. The zero-order valence-corrected chi connectivity index (χ0v) is 10.2. The summed E-state index contributed by atoms with van der Waals surface area (Å²) in [5, 5.41) is 8.66. The van der Waals surface area contributed by atoms with Crippen LogP contribution in [-0.2, 0) is 11.3 Å². The summed E-state index contributed by atoms with van der Waals surface area (Å²) in [6.45, 7) is 2.08. The Balaban J connectivity index is 1.91. The number of hydrogen-bond acceptors (Lipinski definition) is 3. The van der Waals surface area contributed by atoms with E-state index in [9.17, 15) is 9.18 Å². The fraction of sp³-hybridized carbons (Fsp3) is 0.462. The van der Waals surface area contributed by atoms with E-state index in [2.05, 4.69) is 4.90 Å². The number of likely N-dealkylation sites (tertiary alicyclic amines) is 1.